The molecule has 11 heteroatoms. The zero-order valence-electron chi connectivity index (χ0n) is 18.9. The van der Waals surface area contributed by atoms with E-state index in [1.54, 1.807) is 14.2 Å². The minimum atomic E-state index is -5.08. The van der Waals surface area contributed by atoms with Crippen molar-refractivity contribution in [2.24, 2.45) is 7.05 Å². The second-order valence-electron chi connectivity index (χ2n) is 7.61. The normalized spacial score (nSPS) is 18.6. The van der Waals surface area contributed by atoms with Crippen molar-refractivity contribution in [2.75, 3.05) is 34.0 Å². The van der Waals surface area contributed by atoms with Gasteiger partial charge in [0.15, 0.2) is 0 Å². The average Bonchev–Trinajstić information content (AvgIpc) is 3.35. The third kappa shape index (κ3) is 8.67. The third-order valence-corrected chi connectivity index (χ3v) is 5.21. The molecule has 0 unspecified atom stereocenters. The number of hydrogen-bond donors (Lipinski definition) is 1. The summed E-state index contributed by atoms with van der Waals surface area (Å²) >= 11 is 0. The first-order valence-electron chi connectivity index (χ1n) is 10.4. The molecule has 8 nitrogen and oxygen atoms in total. The van der Waals surface area contributed by atoms with E-state index in [0.29, 0.717) is 19.3 Å². The van der Waals surface area contributed by atoms with Gasteiger partial charge >= 0.3 is 12.1 Å². The summed E-state index contributed by atoms with van der Waals surface area (Å²) < 4.78 is 50.1. The number of alkyl halides is 3. The molecule has 184 valence electrons. The maximum Gasteiger partial charge on any atom is 0.490 e. The van der Waals surface area contributed by atoms with Gasteiger partial charge < -0.3 is 19.3 Å². The van der Waals surface area contributed by atoms with E-state index in [9.17, 15) is 13.2 Å². The highest BCUT2D eigenvalue weighted by atomic mass is 19.4. The molecule has 1 N–H and O–H groups in total. The van der Waals surface area contributed by atoms with Gasteiger partial charge in [0.1, 0.15) is 5.75 Å². The largest absolute Gasteiger partial charge is 0.497 e. The fourth-order valence-electron chi connectivity index (χ4n) is 3.60. The van der Waals surface area contributed by atoms with E-state index in [1.807, 2.05) is 30.1 Å². The van der Waals surface area contributed by atoms with Gasteiger partial charge in [-0.3, -0.25) is 9.58 Å². The van der Waals surface area contributed by atoms with E-state index in [-0.39, 0.29) is 6.10 Å². The fraction of sp³-hybridized carbons (Fsp3) is 0.545. The standard InChI is InChI=1S/C20H29N3O3.C2HF3O2/c1-22-14-17(13-21-22)12-19-20(26-11-10-24-2)8-9-23(19)15-16-4-6-18(25-3)7-5-16;3-2(4,5)1(6)7/h4-7,13-14,19-20H,8-12,15H2,1-3H3;(H,6,7)/t19-,20-;/m0./s1. The average molecular weight is 473 g/mol. The van der Waals surface area contributed by atoms with Crippen molar-refractivity contribution < 1.29 is 37.3 Å². The van der Waals surface area contributed by atoms with Crippen LogP contribution in [0.3, 0.4) is 0 Å². The van der Waals surface area contributed by atoms with Gasteiger partial charge in [0.05, 0.1) is 32.6 Å². The van der Waals surface area contributed by atoms with Crippen molar-refractivity contribution in [1.82, 2.24) is 14.7 Å². The second kappa shape index (κ2) is 12.6. The Balaban J connectivity index is 0.000000479. The molecule has 0 radical (unpaired) electrons. The van der Waals surface area contributed by atoms with Gasteiger partial charge in [-0.2, -0.15) is 18.3 Å². The van der Waals surface area contributed by atoms with E-state index in [0.717, 1.165) is 31.7 Å². The smallest absolute Gasteiger partial charge is 0.490 e. The molecule has 0 saturated carbocycles. The Hall–Kier alpha value is -2.63. The molecular weight excluding hydrogens is 443 g/mol. The SMILES string of the molecule is COCCO[C@H]1CCN(Cc2ccc(OC)cc2)[C@H]1Cc1cnn(C)c1.O=C(O)C(F)(F)F. The molecule has 33 heavy (non-hydrogen) atoms. The summed E-state index contributed by atoms with van der Waals surface area (Å²) in [5.74, 6) is -1.87. The Labute approximate surface area is 190 Å². The second-order valence-corrected chi connectivity index (χ2v) is 7.61. The third-order valence-electron chi connectivity index (χ3n) is 5.21. The molecule has 2 heterocycles. The molecule has 1 saturated heterocycles. The van der Waals surface area contributed by atoms with Crippen molar-refractivity contribution in [3.8, 4) is 5.75 Å². The van der Waals surface area contributed by atoms with Crippen LogP contribution in [0.4, 0.5) is 13.2 Å². The first kappa shape index (κ1) is 26.6. The lowest BCUT2D eigenvalue weighted by Gasteiger charge is -2.28. The minimum Gasteiger partial charge on any atom is -0.497 e. The molecule has 2 atom stereocenters. The molecule has 0 bridgehead atoms. The Kier molecular flexibility index (Phi) is 10.1. The first-order valence-corrected chi connectivity index (χ1v) is 10.4. The van der Waals surface area contributed by atoms with Gasteiger partial charge in [0.2, 0.25) is 0 Å². The van der Waals surface area contributed by atoms with Gasteiger partial charge in [-0.25, -0.2) is 4.79 Å². The number of aliphatic carboxylic acids is 1. The number of aromatic nitrogens is 2. The predicted molar refractivity (Wildman–Crippen MR) is 114 cm³/mol. The highest BCUT2D eigenvalue weighted by Crippen LogP contribution is 2.26. The number of nitrogens with zero attached hydrogens (tertiary/aromatic N) is 3. The van der Waals surface area contributed by atoms with Crippen molar-refractivity contribution in [1.29, 1.82) is 0 Å². The summed E-state index contributed by atoms with van der Waals surface area (Å²) in [7, 11) is 5.36. The Morgan fingerprint density at radius 2 is 1.85 bits per heavy atom. The lowest BCUT2D eigenvalue weighted by molar-refractivity contribution is -0.192. The summed E-state index contributed by atoms with van der Waals surface area (Å²) in [4.78, 5) is 11.4. The number of methoxy groups -OCH3 is 2. The van der Waals surface area contributed by atoms with Crippen LogP contribution >= 0.6 is 0 Å². The molecule has 1 aliphatic heterocycles. The molecule has 0 spiro atoms. The number of ether oxygens (including phenoxy) is 3. The number of aryl methyl sites for hydroxylation is 1. The van der Waals surface area contributed by atoms with Crippen LogP contribution in [-0.4, -0.2) is 78.1 Å². The molecule has 2 aromatic rings. The number of benzene rings is 1. The number of rotatable bonds is 9. The van der Waals surface area contributed by atoms with Crippen LogP contribution < -0.4 is 4.74 Å². The number of hydrogen-bond acceptors (Lipinski definition) is 6. The molecule has 1 aliphatic rings. The summed E-state index contributed by atoms with van der Waals surface area (Å²) in [6, 6.07) is 8.67. The van der Waals surface area contributed by atoms with Crippen LogP contribution in [0.1, 0.15) is 17.5 Å². The topological polar surface area (TPSA) is 86.1 Å². The molecule has 0 amide bonds. The van der Waals surface area contributed by atoms with Crippen LogP contribution in [0.5, 0.6) is 5.75 Å². The van der Waals surface area contributed by atoms with Crippen LogP contribution in [0.25, 0.3) is 0 Å². The van der Waals surface area contributed by atoms with Crippen molar-refractivity contribution in [3.05, 3.63) is 47.8 Å². The van der Waals surface area contributed by atoms with Gasteiger partial charge in [0, 0.05) is 39.5 Å². The lowest BCUT2D eigenvalue weighted by Crippen LogP contribution is -2.38. The van der Waals surface area contributed by atoms with Gasteiger partial charge in [0.25, 0.3) is 0 Å². The van der Waals surface area contributed by atoms with E-state index < -0.39 is 12.1 Å². The van der Waals surface area contributed by atoms with Crippen molar-refractivity contribution in [3.63, 3.8) is 0 Å². The monoisotopic (exact) mass is 473 g/mol. The van der Waals surface area contributed by atoms with E-state index >= 15 is 0 Å². The number of carboxylic acids is 1. The number of halogens is 3. The molecule has 1 fully saturated rings. The Morgan fingerprint density at radius 1 is 1.18 bits per heavy atom. The lowest BCUT2D eigenvalue weighted by atomic mass is 10.0. The van der Waals surface area contributed by atoms with E-state index in [4.69, 9.17) is 24.1 Å². The van der Waals surface area contributed by atoms with E-state index in [1.165, 1.54) is 11.1 Å². The van der Waals surface area contributed by atoms with E-state index in [2.05, 4.69) is 28.3 Å². The van der Waals surface area contributed by atoms with Crippen LogP contribution in [-0.2, 0) is 34.3 Å². The number of carboxylic acid groups (broad SMARTS) is 1. The maximum absolute atomic E-state index is 10.6. The molecule has 3 rings (SSSR count). The molecule has 0 aliphatic carbocycles. The first-order chi connectivity index (χ1) is 15.6. The summed E-state index contributed by atoms with van der Waals surface area (Å²) in [6.07, 6.45) is 1.18. The Bertz CT molecular complexity index is 858. The zero-order chi connectivity index (χ0) is 24.4. The fourth-order valence-corrected chi connectivity index (χ4v) is 3.60. The highest BCUT2D eigenvalue weighted by molar-refractivity contribution is 5.73. The van der Waals surface area contributed by atoms with Gasteiger partial charge in [-0.05, 0) is 36.1 Å². The number of carbonyl (C=O) groups is 1. The maximum atomic E-state index is 10.6. The molecular formula is C22H30F3N3O5. The van der Waals surface area contributed by atoms with Crippen LogP contribution in [0.15, 0.2) is 36.7 Å². The zero-order valence-corrected chi connectivity index (χ0v) is 18.9. The quantitative estimate of drug-likeness (QED) is 0.561. The minimum absolute atomic E-state index is 0.226. The van der Waals surface area contributed by atoms with Crippen molar-refractivity contribution >= 4 is 5.97 Å². The van der Waals surface area contributed by atoms with Crippen LogP contribution in [0.2, 0.25) is 0 Å². The molecule has 1 aromatic carbocycles. The number of likely N-dealkylation sites (tertiary alicyclic amines) is 1. The summed E-state index contributed by atoms with van der Waals surface area (Å²) in [5, 5.41) is 11.4. The Morgan fingerprint density at radius 3 is 2.36 bits per heavy atom. The summed E-state index contributed by atoms with van der Waals surface area (Å²) in [5.41, 5.74) is 2.54. The van der Waals surface area contributed by atoms with Gasteiger partial charge in [-0.15, -0.1) is 0 Å². The predicted octanol–water partition coefficient (Wildman–Crippen LogP) is 2.91. The molecule has 1 aromatic heterocycles. The highest BCUT2D eigenvalue weighted by Gasteiger charge is 2.38. The van der Waals surface area contributed by atoms with Crippen LogP contribution in [0, 0.1) is 0 Å². The van der Waals surface area contributed by atoms with Gasteiger partial charge in [-0.1, -0.05) is 12.1 Å². The van der Waals surface area contributed by atoms with Crippen molar-refractivity contribution in [2.45, 2.75) is 37.7 Å². The summed E-state index contributed by atoms with van der Waals surface area (Å²) in [6.45, 7) is 3.23.